The fraction of sp³-hybridized carbons (Fsp3) is 0.118. The Morgan fingerprint density at radius 1 is 0.840 bits per heavy atom. The van der Waals surface area contributed by atoms with Gasteiger partial charge in [-0.25, -0.2) is 0 Å². The molecule has 0 unspecified atom stereocenters. The lowest BCUT2D eigenvalue weighted by atomic mass is 10.1. The van der Waals surface area contributed by atoms with Crippen LogP contribution in [-0.4, -0.2) is 16.9 Å². The van der Waals surface area contributed by atoms with E-state index in [-0.39, 0.29) is 10.8 Å². The fourth-order valence-electron chi connectivity index (χ4n) is 2.51. The van der Waals surface area contributed by atoms with E-state index in [9.17, 15) is 22.8 Å². The molecule has 25 heavy (non-hydrogen) atoms. The molecule has 0 radical (unpaired) electrons. The summed E-state index contributed by atoms with van der Waals surface area (Å²) < 4.78 is 38.8. The molecule has 8 heteroatoms. The minimum Gasteiger partial charge on any atom is -0.273 e. The molecule has 3 rings (SSSR count). The number of carbonyl (C=O) groups excluding carboxylic acids is 2. The molecule has 4 nitrogen and oxygen atoms in total. The van der Waals surface area contributed by atoms with Gasteiger partial charge in [-0.3, -0.25) is 19.4 Å². The number of amides is 2. The van der Waals surface area contributed by atoms with Crippen LogP contribution in [0, 0.1) is 0 Å². The Morgan fingerprint density at radius 3 is 2.00 bits per heavy atom. The fourth-order valence-corrected chi connectivity index (χ4v) is 2.92. The van der Waals surface area contributed by atoms with Crippen molar-refractivity contribution in [3.63, 3.8) is 0 Å². The molecule has 0 N–H and O–H groups in total. The van der Waals surface area contributed by atoms with Gasteiger partial charge in [0.1, 0.15) is 6.42 Å². The first-order valence-corrected chi connectivity index (χ1v) is 7.62. The van der Waals surface area contributed by atoms with E-state index in [1.54, 1.807) is 30.3 Å². The van der Waals surface area contributed by atoms with E-state index >= 15 is 0 Å². The highest BCUT2D eigenvalue weighted by Gasteiger charge is 2.38. The van der Waals surface area contributed by atoms with Gasteiger partial charge in [0.25, 0.3) is 0 Å². The lowest BCUT2D eigenvalue weighted by molar-refractivity contribution is -0.137. The van der Waals surface area contributed by atoms with Gasteiger partial charge in [0, 0.05) is 0 Å². The van der Waals surface area contributed by atoms with Crippen molar-refractivity contribution in [1.82, 2.24) is 0 Å². The van der Waals surface area contributed by atoms with Gasteiger partial charge < -0.3 is 0 Å². The number of hydrogen-bond donors (Lipinski definition) is 0. The summed E-state index contributed by atoms with van der Waals surface area (Å²) in [5, 5.41) is -0.174. The first kappa shape index (κ1) is 17.1. The Bertz CT molecular complexity index is 852. The summed E-state index contributed by atoms with van der Waals surface area (Å²) in [5.74, 6) is -1.19. The van der Waals surface area contributed by atoms with E-state index in [0.717, 1.165) is 21.9 Å². The second kappa shape index (κ2) is 6.29. The zero-order valence-corrected chi connectivity index (χ0v) is 13.5. The van der Waals surface area contributed by atoms with Crippen LogP contribution < -0.4 is 9.80 Å². The van der Waals surface area contributed by atoms with Crippen LogP contribution in [0.2, 0.25) is 0 Å². The van der Waals surface area contributed by atoms with Crippen molar-refractivity contribution in [2.75, 3.05) is 9.80 Å². The zero-order chi connectivity index (χ0) is 18.2. The van der Waals surface area contributed by atoms with E-state index in [2.05, 4.69) is 0 Å². The van der Waals surface area contributed by atoms with Crippen molar-refractivity contribution in [1.29, 1.82) is 0 Å². The molecular weight excluding hydrogens is 353 g/mol. The summed E-state index contributed by atoms with van der Waals surface area (Å²) in [6, 6.07) is 12.7. The number of carbonyl (C=O) groups is 2. The van der Waals surface area contributed by atoms with Crippen LogP contribution >= 0.6 is 12.2 Å². The number of alkyl halides is 3. The molecular formula is C17H11F3N2O2S. The molecule has 1 fully saturated rings. The molecule has 0 spiro atoms. The quantitative estimate of drug-likeness (QED) is 0.602. The molecule has 1 heterocycles. The number of benzene rings is 2. The summed E-state index contributed by atoms with van der Waals surface area (Å²) in [6.45, 7) is 0. The molecule has 128 valence electrons. The number of rotatable bonds is 2. The third-order valence-corrected chi connectivity index (χ3v) is 4.00. The zero-order valence-electron chi connectivity index (χ0n) is 12.7. The normalized spacial score (nSPS) is 15.7. The summed E-state index contributed by atoms with van der Waals surface area (Å²) in [4.78, 5) is 26.6. The second-order valence-electron chi connectivity index (χ2n) is 5.30. The molecule has 2 aromatic carbocycles. The number of anilines is 2. The van der Waals surface area contributed by atoms with Gasteiger partial charge in [-0.05, 0) is 42.5 Å². The van der Waals surface area contributed by atoms with E-state index in [1.807, 2.05) is 0 Å². The van der Waals surface area contributed by atoms with Gasteiger partial charge in [0.15, 0.2) is 5.11 Å². The molecule has 0 bridgehead atoms. The summed E-state index contributed by atoms with van der Waals surface area (Å²) in [6.07, 6.45) is -5.03. The Labute approximate surface area is 146 Å². The van der Waals surface area contributed by atoms with Crippen LogP contribution in [0.3, 0.4) is 0 Å². The Morgan fingerprint density at radius 2 is 1.40 bits per heavy atom. The number of thiocarbonyl (C=S) groups is 1. The van der Waals surface area contributed by atoms with Gasteiger partial charge in [0.2, 0.25) is 11.8 Å². The summed E-state index contributed by atoms with van der Waals surface area (Å²) >= 11 is 5.23. The van der Waals surface area contributed by atoms with Crippen molar-refractivity contribution >= 4 is 40.5 Å². The smallest absolute Gasteiger partial charge is 0.273 e. The molecule has 1 saturated heterocycles. The highest BCUT2D eigenvalue weighted by atomic mass is 32.1. The maximum absolute atomic E-state index is 12.9. The topological polar surface area (TPSA) is 40.6 Å². The van der Waals surface area contributed by atoms with Crippen LogP contribution in [-0.2, 0) is 15.8 Å². The maximum Gasteiger partial charge on any atom is 0.416 e. The van der Waals surface area contributed by atoms with Crippen LogP contribution in [0.1, 0.15) is 12.0 Å². The SMILES string of the molecule is O=C1CC(=O)N(c2cccc(C(F)(F)F)c2)C(=S)N1c1ccccc1. The van der Waals surface area contributed by atoms with Gasteiger partial charge in [-0.15, -0.1) is 0 Å². The molecule has 0 atom stereocenters. The second-order valence-corrected chi connectivity index (χ2v) is 5.67. The van der Waals surface area contributed by atoms with Crippen molar-refractivity contribution in [3.05, 3.63) is 60.2 Å². The number of halogens is 3. The van der Waals surface area contributed by atoms with Crippen LogP contribution in [0.25, 0.3) is 0 Å². The number of hydrogen-bond acceptors (Lipinski definition) is 3. The largest absolute Gasteiger partial charge is 0.416 e. The molecule has 1 aliphatic rings. The first-order chi connectivity index (χ1) is 11.8. The molecule has 0 aromatic heterocycles. The van der Waals surface area contributed by atoms with E-state index in [1.165, 1.54) is 12.1 Å². The molecule has 1 aliphatic heterocycles. The van der Waals surface area contributed by atoms with Crippen LogP contribution in [0.5, 0.6) is 0 Å². The third-order valence-electron chi connectivity index (χ3n) is 3.63. The minimum absolute atomic E-state index is 0.0294. The monoisotopic (exact) mass is 364 g/mol. The summed E-state index contributed by atoms with van der Waals surface area (Å²) in [5.41, 5.74) is -0.482. The highest BCUT2D eigenvalue weighted by molar-refractivity contribution is 7.81. The molecule has 2 amide bonds. The van der Waals surface area contributed by atoms with Gasteiger partial charge in [0.05, 0.1) is 16.9 Å². The Balaban J connectivity index is 2.03. The van der Waals surface area contributed by atoms with Crippen LogP contribution in [0.15, 0.2) is 54.6 Å². The predicted molar refractivity (Wildman–Crippen MR) is 90.1 cm³/mol. The lowest BCUT2D eigenvalue weighted by Crippen LogP contribution is -2.55. The van der Waals surface area contributed by atoms with Gasteiger partial charge in [-0.2, -0.15) is 13.2 Å². The number of para-hydroxylation sites is 1. The van der Waals surface area contributed by atoms with Crippen molar-refractivity contribution < 1.29 is 22.8 Å². The average Bonchev–Trinajstić information content (AvgIpc) is 2.55. The summed E-state index contributed by atoms with van der Waals surface area (Å²) in [7, 11) is 0. The third kappa shape index (κ3) is 3.25. The number of nitrogens with zero attached hydrogens (tertiary/aromatic N) is 2. The van der Waals surface area contributed by atoms with Crippen molar-refractivity contribution in [3.8, 4) is 0 Å². The highest BCUT2D eigenvalue weighted by Crippen LogP contribution is 2.33. The Kier molecular flexibility index (Phi) is 4.30. The Hall–Kier alpha value is -2.74. The van der Waals surface area contributed by atoms with E-state index < -0.39 is 30.0 Å². The average molecular weight is 364 g/mol. The predicted octanol–water partition coefficient (Wildman–Crippen LogP) is 3.76. The van der Waals surface area contributed by atoms with Crippen LogP contribution in [0.4, 0.5) is 24.5 Å². The van der Waals surface area contributed by atoms with Crippen molar-refractivity contribution in [2.24, 2.45) is 0 Å². The van der Waals surface area contributed by atoms with Crippen molar-refractivity contribution in [2.45, 2.75) is 12.6 Å². The first-order valence-electron chi connectivity index (χ1n) is 7.21. The maximum atomic E-state index is 12.9. The minimum atomic E-state index is -4.55. The lowest BCUT2D eigenvalue weighted by Gasteiger charge is -2.35. The molecule has 2 aromatic rings. The molecule has 0 aliphatic carbocycles. The van der Waals surface area contributed by atoms with E-state index in [4.69, 9.17) is 12.2 Å². The van der Waals surface area contributed by atoms with Gasteiger partial charge in [-0.1, -0.05) is 24.3 Å². The van der Waals surface area contributed by atoms with E-state index in [0.29, 0.717) is 5.69 Å². The van der Waals surface area contributed by atoms with Gasteiger partial charge >= 0.3 is 6.18 Å². The molecule has 0 saturated carbocycles. The standard InChI is InChI=1S/C17H11F3N2O2S/c18-17(19,20)11-5-4-8-13(9-11)22-15(24)10-14(23)21(16(22)25)12-6-2-1-3-7-12/h1-9H,10H2.